The minimum absolute atomic E-state index is 0.0638. The molecular formula is C13H16N2O4. The van der Waals surface area contributed by atoms with E-state index in [0.717, 1.165) is 0 Å². The first-order valence-electron chi connectivity index (χ1n) is 6.12. The van der Waals surface area contributed by atoms with Gasteiger partial charge in [0.25, 0.3) is 0 Å². The number of para-hydroxylation sites is 1. The second-order valence-electron chi connectivity index (χ2n) is 4.05. The highest BCUT2D eigenvalue weighted by Crippen LogP contribution is 2.08. The lowest BCUT2D eigenvalue weighted by molar-refractivity contribution is -0.134. The smallest absolute Gasteiger partial charge is 0.410 e. The van der Waals surface area contributed by atoms with E-state index in [9.17, 15) is 9.59 Å². The van der Waals surface area contributed by atoms with Crippen LogP contribution < -0.4 is 10.1 Å². The van der Waals surface area contributed by atoms with Crippen LogP contribution in [0.3, 0.4) is 0 Å². The minimum atomic E-state index is -0.632. The van der Waals surface area contributed by atoms with E-state index in [4.69, 9.17) is 9.47 Å². The van der Waals surface area contributed by atoms with Crippen molar-refractivity contribution in [1.29, 1.82) is 0 Å². The third-order valence-corrected chi connectivity index (χ3v) is 2.70. The fourth-order valence-corrected chi connectivity index (χ4v) is 1.70. The van der Waals surface area contributed by atoms with E-state index in [2.05, 4.69) is 5.32 Å². The molecule has 6 heteroatoms. The summed E-state index contributed by atoms with van der Waals surface area (Å²) in [6, 6.07) is 8.70. The van der Waals surface area contributed by atoms with Crippen molar-refractivity contribution in [2.75, 3.05) is 32.8 Å². The predicted octanol–water partition coefficient (Wildman–Crippen LogP) is 0.634. The zero-order valence-corrected chi connectivity index (χ0v) is 10.5. The summed E-state index contributed by atoms with van der Waals surface area (Å²) in [5.74, 6) is 0.312. The van der Waals surface area contributed by atoms with Gasteiger partial charge in [-0.15, -0.1) is 0 Å². The van der Waals surface area contributed by atoms with E-state index in [1.165, 1.54) is 0 Å². The Morgan fingerprint density at radius 3 is 2.58 bits per heavy atom. The summed E-state index contributed by atoms with van der Waals surface area (Å²) in [6.45, 7) is 2.15. The van der Waals surface area contributed by atoms with Gasteiger partial charge in [0.1, 0.15) is 12.3 Å². The van der Waals surface area contributed by atoms with Gasteiger partial charge in [-0.1, -0.05) is 18.2 Å². The lowest BCUT2D eigenvalue weighted by Gasteiger charge is -2.26. The molecule has 0 bridgehead atoms. The molecule has 19 heavy (non-hydrogen) atoms. The van der Waals surface area contributed by atoms with Gasteiger partial charge in [-0.3, -0.25) is 4.79 Å². The average Bonchev–Trinajstić information content (AvgIpc) is 2.47. The number of amides is 2. The number of nitrogens with one attached hydrogen (secondary N) is 1. The molecule has 6 nitrogen and oxygen atoms in total. The highest BCUT2D eigenvalue weighted by atomic mass is 16.6. The highest BCUT2D eigenvalue weighted by molar-refractivity contribution is 5.82. The van der Waals surface area contributed by atoms with Crippen molar-refractivity contribution in [3.05, 3.63) is 30.3 Å². The normalized spacial score (nSPS) is 14.8. The van der Waals surface area contributed by atoms with Crippen molar-refractivity contribution >= 4 is 12.0 Å². The average molecular weight is 264 g/mol. The van der Waals surface area contributed by atoms with E-state index in [-0.39, 0.29) is 12.5 Å². The fraction of sp³-hybridized carbons (Fsp3) is 0.385. The number of hydrogen-bond donors (Lipinski definition) is 1. The van der Waals surface area contributed by atoms with Crippen LogP contribution in [0.25, 0.3) is 0 Å². The minimum Gasteiger partial charge on any atom is -0.410 e. The Bertz CT molecular complexity index is 430. The van der Waals surface area contributed by atoms with E-state index in [1.807, 2.05) is 6.07 Å². The molecule has 102 valence electrons. The molecule has 0 radical (unpaired) electrons. The summed E-state index contributed by atoms with van der Waals surface area (Å²) < 4.78 is 10.2. The van der Waals surface area contributed by atoms with Gasteiger partial charge in [0.2, 0.25) is 5.91 Å². The van der Waals surface area contributed by atoms with Gasteiger partial charge in [0.15, 0.2) is 0 Å². The largest absolute Gasteiger partial charge is 0.413 e. The van der Waals surface area contributed by atoms with E-state index in [1.54, 1.807) is 29.2 Å². The third kappa shape index (κ3) is 4.26. The van der Waals surface area contributed by atoms with Gasteiger partial charge < -0.3 is 19.7 Å². The van der Waals surface area contributed by atoms with Crippen LogP contribution >= 0.6 is 0 Å². The predicted molar refractivity (Wildman–Crippen MR) is 67.9 cm³/mol. The topological polar surface area (TPSA) is 67.9 Å². The molecule has 1 saturated heterocycles. The first kappa shape index (κ1) is 13.4. The maximum Gasteiger partial charge on any atom is 0.413 e. The lowest BCUT2D eigenvalue weighted by Crippen LogP contribution is -2.46. The van der Waals surface area contributed by atoms with Crippen LogP contribution in [-0.4, -0.2) is 49.7 Å². The first-order valence-corrected chi connectivity index (χ1v) is 6.12. The summed E-state index contributed by atoms with van der Waals surface area (Å²) in [7, 11) is 0. The Morgan fingerprint density at radius 1 is 1.21 bits per heavy atom. The maximum atomic E-state index is 11.8. The molecule has 1 aliphatic rings. The number of carbonyl (C=O) groups excluding carboxylic acids is 2. The Hall–Kier alpha value is -2.08. The van der Waals surface area contributed by atoms with E-state index in [0.29, 0.717) is 32.1 Å². The van der Waals surface area contributed by atoms with Crippen molar-refractivity contribution in [2.45, 2.75) is 0 Å². The number of nitrogens with zero attached hydrogens (tertiary/aromatic N) is 1. The molecule has 0 aliphatic carbocycles. The number of carbonyl (C=O) groups is 2. The van der Waals surface area contributed by atoms with Gasteiger partial charge in [-0.2, -0.15) is 0 Å². The fourth-order valence-electron chi connectivity index (χ4n) is 1.70. The molecule has 1 fully saturated rings. The zero-order valence-electron chi connectivity index (χ0n) is 10.5. The van der Waals surface area contributed by atoms with Gasteiger partial charge >= 0.3 is 6.09 Å². The molecule has 0 aromatic heterocycles. The van der Waals surface area contributed by atoms with E-state index < -0.39 is 6.09 Å². The van der Waals surface area contributed by atoms with Crippen LogP contribution in [0.1, 0.15) is 0 Å². The van der Waals surface area contributed by atoms with Crippen molar-refractivity contribution < 1.29 is 19.1 Å². The van der Waals surface area contributed by atoms with Crippen LogP contribution in [0.2, 0.25) is 0 Å². The highest BCUT2D eigenvalue weighted by Gasteiger charge is 2.17. The molecule has 2 amide bonds. The summed E-state index contributed by atoms with van der Waals surface area (Å²) in [5, 5.41) is 2.44. The Morgan fingerprint density at radius 2 is 1.89 bits per heavy atom. The van der Waals surface area contributed by atoms with Crippen LogP contribution in [0.4, 0.5) is 4.79 Å². The molecule has 1 heterocycles. The second kappa shape index (κ2) is 6.75. The molecule has 1 aromatic rings. The standard InChI is InChI=1S/C13H16N2O4/c16-12(15-6-8-18-9-7-15)10-14-13(17)19-11-4-2-1-3-5-11/h1-5H,6-10H2,(H,14,17). The van der Waals surface area contributed by atoms with Gasteiger partial charge in [0.05, 0.1) is 13.2 Å². The summed E-state index contributed by atoms with van der Waals surface area (Å²) >= 11 is 0. The number of benzene rings is 1. The number of rotatable bonds is 3. The zero-order chi connectivity index (χ0) is 13.5. The Labute approximate surface area is 111 Å². The molecular weight excluding hydrogens is 248 g/mol. The molecule has 1 N–H and O–H groups in total. The first-order chi connectivity index (χ1) is 9.25. The van der Waals surface area contributed by atoms with E-state index >= 15 is 0 Å². The van der Waals surface area contributed by atoms with Crippen LogP contribution in [-0.2, 0) is 9.53 Å². The van der Waals surface area contributed by atoms with Crippen LogP contribution in [0, 0.1) is 0 Å². The Balaban J connectivity index is 1.72. The molecule has 0 atom stereocenters. The molecule has 0 saturated carbocycles. The number of morpholine rings is 1. The Kier molecular flexibility index (Phi) is 4.74. The molecule has 0 unspecified atom stereocenters. The second-order valence-corrected chi connectivity index (χ2v) is 4.05. The SMILES string of the molecule is O=C(NCC(=O)N1CCOCC1)Oc1ccccc1. The van der Waals surface area contributed by atoms with Gasteiger partial charge in [0, 0.05) is 13.1 Å². The monoisotopic (exact) mass is 264 g/mol. The number of hydrogen-bond acceptors (Lipinski definition) is 4. The lowest BCUT2D eigenvalue weighted by atomic mass is 10.3. The van der Waals surface area contributed by atoms with Crippen molar-refractivity contribution in [3.63, 3.8) is 0 Å². The molecule has 2 rings (SSSR count). The quantitative estimate of drug-likeness (QED) is 0.869. The molecule has 0 spiro atoms. The maximum absolute atomic E-state index is 11.8. The third-order valence-electron chi connectivity index (χ3n) is 2.70. The van der Waals surface area contributed by atoms with Gasteiger partial charge in [-0.05, 0) is 12.1 Å². The van der Waals surface area contributed by atoms with Crippen molar-refractivity contribution in [3.8, 4) is 5.75 Å². The van der Waals surface area contributed by atoms with Crippen LogP contribution in [0.15, 0.2) is 30.3 Å². The summed E-state index contributed by atoms with van der Waals surface area (Å²) in [5.41, 5.74) is 0. The summed E-state index contributed by atoms with van der Waals surface area (Å²) in [6.07, 6.45) is -0.632. The van der Waals surface area contributed by atoms with Crippen molar-refractivity contribution in [2.24, 2.45) is 0 Å². The number of ether oxygens (including phenoxy) is 2. The molecule has 1 aliphatic heterocycles. The van der Waals surface area contributed by atoms with Crippen molar-refractivity contribution in [1.82, 2.24) is 10.2 Å². The van der Waals surface area contributed by atoms with Crippen LogP contribution in [0.5, 0.6) is 5.75 Å². The van der Waals surface area contributed by atoms with Gasteiger partial charge in [-0.25, -0.2) is 4.79 Å². The molecule has 1 aromatic carbocycles. The summed E-state index contributed by atoms with van der Waals surface area (Å²) in [4.78, 5) is 24.9.